The molecule has 0 unspecified atom stereocenters. The second-order valence-electron chi connectivity index (χ2n) is 5.87. The molecule has 1 fully saturated rings. The van der Waals surface area contributed by atoms with Gasteiger partial charge in [0.15, 0.2) is 0 Å². The van der Waals surface area contributed by atoms with E-state index < -0.39 is 0 Å². The Morgan fingerprint density at radius 1 is 0.920 bits per heavy atom. The number of piperazine rings is 1. The molecule has 0 bridgehead atoms. The smallest absolute Gasteiger partial charge is 0.254 e. The monoisotopic (exact) mass is 332 g/mol. The van der Waals surface area contributed by atoms with E-state index in [2.05, 4.69) is 9.97 Å². The number of anilines is 1. The van der Waals surface area contributed by atoms with Crippen molar-refractivity contribution < 1.29 is 9.59 Å². The highest BCUT2D eigenvalue weighted by molar-refractivity contribution is 6.02. The number of amides is 2. The number of hydrogen-bond donors (Lipinski definition) is 0. The van der Waals surface area contributed by atoms with E-state index in [0.29, 0.717) is 24.2 Å². The highest BCUT2D eigenvalue weighted by Crippen LogP contribution is 2.19. The molecular formula is C19H16N4O2. The van der Waals surface area contributed by atoms with Gasteiger partial charge in [0.05, 0.1) is 11.0 Å². The zero-order valence-corrected chi connectivity index (χ0v) is 13.5. The van der Waals surface area contributed by atoms with Crippen molar-refractivity contribution in [1.82, 2.24) is 14.9 Å². The number of carbonyl (C=O) groups is 2. The first kappa shape index (κ1) is 15.3. The summed E-state index contributed by atoms with van der Waals surface area (Å²) in [5.41, 5.74) is 2.79. The summed E-state index contributed by atoms with van der Waals surface area (Å²) in [6.45, 7) is 1.06. The number of rotatable bonds is 2. The molecular weight excluding hydrogens is 316 g/mol. The molecule has 0 saturated carbocycles. The van der Waals surface area contributed by atoms with Crippen LogP contribution in [0.1, 0.15) is 10.4 Å². The van der Waals surface area contributed by atoms with Gasteiger partial charge >= 0.3 is 0 Å². The summed E-state index contributed by atoms with van der Waals surface area (Å²) in [4.78, 5) is 36.9. The molecule has 25 heavy (non-hydrogen) atoms. The first-order chi connectivity index (χ1) is 12.2. The van der Waals surface area contributed by atoms with Crippen LogP contribution in [-0.4, -0.2) is 46.3 Å². The fourth-order valence-electron chi connectivity index (χ4n) is 3.01. The Labute approximate surface area is 144 Å². The first-order valence-corrected chi connectivity index (χ1v) is 8.08. The normalized spacial score (nSPS) is 14.8. The maximum atomic E-state index is 12.7. The topological polar surface area (TPSA) is 66.4 Å². The second kappa shape index (κ2) is 6.32. The molecule has 4 rings (SSSR count). The molecule has 0 aliphatic carbocycles. The van der Waals surface area contributed by atoms with Gasteiger partial charge in [-0.2, -0.15) is 0 Å². The number of para-hydroxylation sites is 1. The highest BCUT2D eigenvalue weighted by atomic mass is 16.2. The lowest BCUT2D eigenvalue weighted by Crippen LogP contribution is -2.52. The Bertz CT molecular complexity index is 942. The van der Waals surface area contributed by atoms with Crippen LogP contribution < -0.4 is 4.90 Å². The van der Waals surface area contributed by atoms with Gasteiger partial charge in [0.25, 0.3) is 5.91 Å². The molecule has 0 radical (unpaired) electrons. The van der Waals surface area contributed by atoms with E-state index >= 15 is 0 Å². The standard InChI is InChI=1S/C19H16N4O2/c24-18-13-22(10-11-23(18)15-4-2-1-3-5-15)19(25)14-6-7-16-17(12-14)21-9-8-20-16/h1-9,12H,10-11,13H2. The van der Waals surface area contributed by atoms with Crippen molar-refractivity contribution in [3.8, 4) is 0 Å². The van der Waals surface area contributed by atoms with E-state index in [9.17, 15) is 9.59 Å². The third kappa shape index (κ3) is 2.94. The van der Waals surface area contributed by atoms with Crippen LogP contribution in [0.25, 0.3) is 11.0 Å². The van der Waals surface area contributed by atoms with E-state index in [1.54, 1.807) is 40.4 Å². The lowest BCUT2D eigenvalue weighted by atomic mass is 10.1. The fraction of sp³-hybridized carbons (Fsp3) is 0.158. The lowest BCUT2D eigenvalue weighted by molar-refractivity contribution is -0.120. The molecule has 2 heterocycles. The minimum atomic E-state index is -0.159. The van der Waals surface area contributed by atoms with Crippen molar-refractivity contribution in [3.63, 3.8) is 0 Å². The molecule has 2 aromatic carbocycles. The SMILES string of the molecule is O=C(c1ccc2nccnc2c1)N1CCN(c2ccccc2)C(=O)C1. The highest BCUT2D eigenvalue weighted by Gasteiger charge is 2.28. The average Bonchev–Trinajstić information content (AvgIpc) is 2.67. The van der Waals surface area contributed by atoms with Gasteiger partial charge < -0.3 is 9.80 Å². The second-order valence-corrected chi connectivity index (χ2v) is 5.87. The molecule has 124 valence electrons. The molecule has 0 atom stereocenters. The van der Waals surface area contributed by atoms with Gasteiger partial charge in [-0.25, -0.2) is 0 Å². The maximum absolute atomic E-state index is 12.7. The number of fused-ring (bicyclic) bond motifs is 1. The molecule has 0 spiro atoms. The molecule has 3 aromatic rings. The van der Waals surface area contributed by atoms with Gasteiger partial charge in [0.1, 0.15) is 6.54 Å². The van der Waals surface area contributed by atoms with Crippen LogP contribution in [0.15, 0.2) is 60.9 Å². The molecule has 1 aromatic heterocycles. The summed E-state index contributed by atoms with van der Waals surface area (Å²) in [7, 11) is 0. The van der Waals surface area contributed by atoms with Crippen LogP contribution in [-0.2, 0) is 4.79 Å². The Kier molecular flexibility index (Phi) is 3.85. The van der Waals surface area contributed by atoms with Crippen LogP contribution in [0.2, 0.25) is 0 Å². The van der Waals surface area contributed by atoms with Gasteiger partial charge in [0, 0.05) is 36.7 Å². The van der Waals surface area contributed by atoms with Gasteiger partial charge in [-0.15, -0.1) is 0 Å². The Hall–Kier alpha value is -3.28. The van der Waals surface area contributed by atoms with Crippen molar-refractivity contribution >= 4 is 28.5 Å². The van der Waals surface area contributed by atoms with Gasteiger partial charge in [0.2, 0.25) is 5.91 Å². The van der Waals surface area contributed by atoms with E-state index in [-0.39, 0.29) is 18.4 Å². The molecule has 1 aliphatic rings. The van der Waals surface area contributed by atoms with Crippen molar-refractivity contribution in [2.75, 3.05) is 24.5 Å². The van der Waals surface area contributed by atoms with Crippen LogP contribution >= 0.6 is 0 Å². The van der Waals surface area contributed by atoms with E-state index in [0.717, 1.165) is 11.2 Å². The Balaban J connectivity index is 1.52. The number of nitrogens with zero attached hydrogens (tertiary/aromatic N) is 4. The average molecular weight is 332 g/mol. The van der Waals surface area contributed by atoms with Crippen molar-refractivity contribution in [3.05, 3.63) is 66.5 Å². The molecule has 1 aliphatic heterocycles. The van der Waals surface area contributed by atoms with E-state index in [1.807, 2.05) is 30.3 Å². The molecule has 6 nitrogen and oxygen atoms in total. The predicted molar refractivity (Wildman–Crippen MR) is 94.2 cm³/mol. The lowest BCUT2D eigenvalue weighted by Gasteiger charge is -2.34. The van der Waals surface area contributed by atoms with Crippen molar-refractivity contribution in [2.45, 2.75) is 0 Å². The summed E-state index contributed by atoms with van der Waals surface area (Å²) in [6.07, 6.45) is 3.21. The summed E-state index contributed by atoms with van der Waals surface area (Å²) in [5, 5.41) is 0. The zero-order valence-electron chi connectivity index (χ0n) is 13.5. The van der Waals surface area contributed by atoms with Crippen LogP contribution in [0.4, 0.5) is 5.69 Å². The summed E-state index contributed by atoms with van der Waals surface area (Å²) in [5.74, 6) is -0.236. The van der Waals surface area contributed by atoms with Crippen LogP contribution in [0.5, 0.6) is 0 Å². The summed E-state index contributed by atoms with van der Waals surface area (Å²) >= 11 is 0. The van der Waals surface area contributed by atoms with Crippen LogP contribution in [0, 0.1) is 0 Å². The predicted octanol–water partition coefficient (Wildman–Crippen LogP) is 2.12. The van der Waals surface area contributed by atoms with E-state index in [4.69, 9.17) is 0 Å². The van der Waals surface area contributed by atoms with Crippen molar-refractivity contribution in [2.24, 2.45) is 0 Å². The summed E-state index contributed by atoms with van der Waals surface area (Å²) in [6, 6.07) is 14.7. The number of benzene rings is 2. The Morgan fingerprint density at radius 2 is 1.68 bits per heavy atom. The third-order valence-corrected chi connectivity index (χ3v) is 4.29. The van der Waals surface area contributed by atoms with E-state index in [1.165, 1.54) is 0 Å². The van der Waals surface area contributed by atoms with Gasteiger partial charge in [-0.05, 0) is 30.3 Å². The number of hydrogen-bond acceptors (Lipinski definition) is 4. The fourth-order valence-corrected chi connectivity index (χ4v) is 3.01. The molecule has 0 N–H and O–H groups in total. The van der Waals surface area contributed by atoms with Crippen LogP contribution in [0.3, 0.4) is 0 Å². The van der Waals surface area contributed by atoms with Crippen molar-refractivity contribution in [1.29, 1.82) is 0 Å². The largest absolute Gasteiger partial charge is 0.328 e. The molecule has 2 amide bonds. The summed E-state index contributed by atoms with van der Waals surface area (Å²) < 4.78 is 0. The first-order valence-electron chi connectivity index (χ1n) is 8.08. The third-order valence-electron chi connectivity index (χ3n) is 4.29. The molecule has 6 heteroatoms. The number of aromatic nitrogens is 2. The van der Waals surface area contributed by atoms with Gasteiger partial charge in [-0.1, -0.05) is 18.2 Å². The maximum Gasteiger partial charge on any atom is 0.254 e. The van der Waals surface area contributed by atoms with Gasteiger partial charge in [-0.3, -0.25) is 19.6 Å². The minimum Gasteiger partial charge on any atom is -0.328 e. The number of carbonyl (C=O) groups excluding carboxylic acids is 2. The minimum absolute atomic E-state index is 0.0756. The zero-order chi connectivity index (χ0) is 17.2. The quantitative estimate of drug-likeness (QED) is 0.721. The molecule has 1 saturated heterocycles. The Morgan fingerprint density at radius 3 is 2.44 bits per heavy atom.